The van der Waals surface area contributed by atoms with E-state index in [1.54, 1.807) is 0 Å². The first kappa shape index (κ1) is 16.7. The summed E-state index contributed by atoms with van der Waals surface area (Å²) in [7, 11) is 2.12. The second-order valence-electron chi connectivity index (χ2n) is 6.27. The molecule has 2 aromatic rings. The van der Waals surface area contributed by atoms with Crippen molar-refractivity contribution in [2.24, 2.45) is 0 Å². The van der Waals surface area contributed by atoms with Crippen molar-refractivity contribution in [3.8, 4) is 5.75 Å². The number of para-hydroxylation sites is 1. The van der Waals surface area contributed by atoms with Gasteiger partial charge in [-0.2, -0.15) is 0 Å². The summed E-state index contributed by atoms with van der Waals surface area (Å²) < 4.78 is 5.90. The molecule has 4 nitrogen and oxygen atoms in total. The molecule has 1 saturated heterocycles. The van der Waals surface area contributed by atoms with Crippen LogP contribution in [0.5, 0.6) is 5.75 Å². The molecule has 1 aliphatic rings. The van der Waals surface area contributed by atoms with Crippen LogP contribution in [0.25, 0.3) is 0 Å². The third-order valence-corrected chi connectivity index (χ3v) is 4.39. The predicted molar refractivity (Wildman–Crippen MR) is 95.5 cm³/mol. The zero-order chi connectivity index (χ0) is 16.8. The van der Waals surface area contributed by atoms with E-state index in [-0.39, 0.29) is 5.78 Å². The fourth-order valence-electron chi connectivity index (χ4n) is 2.85. The Morgan fingerprint density at radius 2 is 1.62 bits per heavy atom. The first-order valence-corrected chi connectivity index (χ1v) is 8.42. The van der Waals surface area contributed by atoms with Crippen molar-refractivity contribution in [2.75, 3.05) is 39.8 Å². The van der Waals surface area contributed by atoms with Crippen molar-refractivity contribution in [3.63, 3.8) is 0 Å². The molecule has 0 atom stereocenters. The van der Waals surface area contributed by atoms with E-state index in [4.69, 9.17) is 4.74 Å². The molecule has 0 amide bonds. The number of ketones is 1. The molecule has 3 rings (SSSR count). The topological polar surface area (TPSA) is 32.8 Å². The zero-order valence-corrected chi connectivity index (χ0v) is 14.1. The summed E-state index contributed by atoms with van der Waals surface area (Å²) in [6.45, 7) is 4.84. The minimum Gasteiger partial charge on any atom is -0.488 e. The molecule has 0 radical (unpaired) electrons. The number of likely N-dealkylation sites (N-methyl/N-ethyl adjacent to an activating group) is 1. The maximum Gasteiger partial charge on any atom is 0.180 e. The van der Waals surface area contributed by atoms with Crippen LogP contribution in [0.15, 0.2) is 54.6 Å². The van der Waals surface area contributed by atoms with E-state index in [1.807, 2.05) is 54.6 Å². The fourth-order valence-corrected chi connectivity index (χ4v) is 2.85. The minimum atomic E-state index is 0.128. The number of piperazine rings is 1. The van der Waals surface area contributed by atoms with Crippen LogP contribution in [0.3, 0.4) is 0 Å². The van der Waals surface area contributed by atoms with Gasteiger partial charge in [0, 0.05) is 26.2 Å². The maximum atomic E-state index is 12.7. The second-order valence-corrected chi connectivity index (χ2v) is 6.27. The molecular weight excluding hydrogens is 300 g/mol. The lowest BCUT2D eigenvalue weighted by Gasteiger charge is -2.31. The molecule has 0 aliphatic carbocycles. The molecule has 0 N–H and O–H groups in total. The van der Waals surface area contributed by atoms with Gasteiger partial charge >= 0.3 is 0 Å². The first-order chi connectivity index (χ1) is 11.7. The smallest absolute Gasteiger partial charge is 0.180 e. The van der Waals surface area contributed by atoms with Crippen molar-refractivity contribution in [1.82, 2.24) is 9.80 Å². The van der Waals surface area contributed by atoms with Crippen molar-refractivity contribution in [1.29, 1.82) is 0 Å². The molecule has 2 aromatic carbocycles. The molecule has 1 heterocycles. The van der Waals surface area contributed by atoms with E-state index in [9.17, 15) is 4.79 Å². The van der Waals surface area contributed by atoms with Crippen LogP contribution in [0, 0.1) is 0 Å². The highest BCUT2D eigenvalue weighted by Gasteiger charge is 2.19. The van der Waals surface area contributed by atoms with Gasteiger partial charge < -0.3 is 9.64 Å². The van der Waals surface area contributed by atoms with E-state index in [0.29, 0.717) is 24.5 Å². The highest BCUT2D eigenvalue weighted by molar-refractivity contribution is 6.00. The molecule has 0 unspecified atom stereocenters. The summed E-state index contributed by atoms with van der Waals surface area (Å²) >= 11 is 0. The lowest BCUT2D eigenvalue weighted by atomic mass is 10.1. The normalized spacial score (nSPS) is 16.0. The third-order valence-electron chi connectivity index (χ3n) is 4.39. The average Bonchev–Trinajstić information content (AvgIpc) is 2.63. The monoisotopic (exact) mass is 324 g/mol. The third kappa shape index (κ3) is 4.43. The summed E-state index contributed by atoms with van der Waals surface area (Å²) in [6.07, 6.45) is 0. The van der Waals surface area contributed by atoms with Crippen LogP contribution in [0.1, 0.15) is 15.9 Å². The molecule has 0 spiro atoms. The molecule has 24 heavy (non-hydrogen) atoms. The van der Waals surface area contributed by atoms with Crippen LogP contribution in [0.4, 0.5) is 0 Å². The Hall–Kier alpha value is -2.17. The predicted octanol–water partition coefficient (Wildman–Crippen LogP) is 2.70. The summed E-state index contributed by atoms with van der Waals surface area (Å²) in [5.74, 6) is 0.795. The van der Waals surface area contributed by atoms with Crippen LogP contribution in [-0.2, 0) is 6.61 Å². The van der Waals surface area contributed by atoms with Gasteiger partial charge in [-0.25, -0.2) is 0 Å². The van der Waals surface area contributed by atoms with E-state index >= 15 is 0 Å². The Labute approximate surface area is 143 Å². The number of ether oxygens (including phenoxy) is 1. The number of carbonyl (C=O) groups excluding carboxylic acids is 1. The van der Waals surface area contributed by atoms with Gasteiger partial charge in [0.2, 0.25) is 0 Å². The molecule has 0 saturated carbocycles. The van der Waals surface area contributed by atoms with E-state index in [0.717, 1.165) is 31.7 Å². The van der Waals surface area contributed by atoms with Gasteiger partial charge in [0.1, 0.15) is 12.4 Å². The maximum absolute atomic E-state index is 12.7. The molecule has 1 fully saturated rings. The van der Waals surface area contributed by atoms with Crippen LogP contribution >= 0.6 is 0 Å². The van der Waals surface area contributed by atoms with Crippen molar-refractivity contribution < 1.29 is 9.53 Å². The van der Waals surface area contributed by atoms with E-state index in [1.165, 1.54) is 0 Å². The van der Waals surface area contributed by atoms with Gasteiger partial charge in [-0.3, -0.25) is 9.69 Å². The quantitative estimate of drug-likeness (QED) is 0.765. The standard InChI is InChI=1S/C20H24N2O2/c1-21-11-13-22(14-12-21)15-19(23)18-9-5-6-10-20(18)24-16-17-7-3-2-4-8-17/h2-10H,11-16H2,1H3. The number of hydrogen-bond acceptors (Lipinski definition) is 4. The second kappa shape index (κ2) is 8.08. The number of carbonyl (C=O) groups is 1. The van der Waals surface area contributed by atoms with Crippen molar-refractivity contribution >= 4 is 5.78 Å². The van der Waals surface area contributed by atoms with Gasteiger partial charge in [-0.15, -0.1) is 0 Å². The molecule has 1 aliphatic heterocycles. The van der Waals surface area contributed by atoms with Gasteiger partial charge in [-0.1, -0.05) is 42.5 Å². The minimum absolute atomic E-state index is 0.128. The molecule has 0 aromatic heterocycles. The first-order valence-electron chi connectivity index (χ1n) is 8.42. The number of nitrogens with zero attached hydrogens (tertiary/aromatic N) is 2. The van der Waals surface area contributed by atoms with E-state index < -0.39 is 0 Å². The summed E-state index contributed by atoms with van der Waals surface area (Å²) in [6, 6.07) is 17.5. The van der Waals surface area contributed by atoms with Crippen LogP contribution in [0.2, 0.25) is 0 Å². The zero-order valence-electron chi connectivity index (χ0n) is 14.1. The Morgan fingerprint density at radius 3 is 2.38 bits per heavy atom. The van der Waals surface area contributed by atoms with Gasteiger partial charge in [0.15, 0.2) is 5.78 Å². The molecule has 4 heteroatoms. The summed E-state index contributed by atoms with van der Waals surface area (Å²) in [4.78, 5) is 17.2. The number of benzene rings is 2. The number of rotatable bonds is 6. The van der Waals surface area contributed by atoms with Gasteiger partial charge in [0.25, 0.3) is 0 Å². The Kier molecular flexibility index (Phi) is 5.62. The lowest BCUT2D eigenvalue weighted by Crippen LogP contribution is -2.46. The van der Waals surface area contributed by atoms with Crippen molar-refractivity contribution in [2.45, 2.75) is 6.61 Å². The molecular formula is C20H24N2O2. The molecule has 126 valence electrons. The number of Topliss-reactive ketones (excluding diaryl/α,β-unsaturated/α-hetero) is 1. The SMILES string of the molecule is CN1CCN(CC(=O)c2ccccc2OCc2ccccc2)CC1. The summed E-state index contributed by atoms with van der Waals surface area (Å²) in [5, 5.41) is 0. The van der Waals surface area contributed by atoms with Gasteiger partial charge in [-0.05, 0) is 24.7 Å². The highest BCUT2D eigenvalue weighted by Crippen LogP contribution is 2.20. The Morgan fingerprint density at radius 1 is 0.958 bits per heavy atom. The Bertz CT molecular complexity index is 664. The largest absolute Gasteiger partial charge is 0.488 e. The van der Waals surface area contributed by atoms with Gasteiger partial charge in [0.05, 0.1) is 12.1 Å². The lowest BCUT2D eigenvalue weighted by molar-refractivity contribution is 0.0872. The molecule has 0 bridgehead atoms. The fraction of sp³-hybridized carbons (Fsp3) is 0.350. The average molecular weight is 324 g/mol. The summed E-state index contributed by atoms with van der Waals surface area (Å²) in [5.41, 5.74) is 1.77. The Balaban J connectivity index is 1.63. The van der Waals surface area contributed by atoms with E-state index in [2.05, 4.69) is 16.8 Å². The van der Waals surface area contributed by atoms with Crippen molar-refractivity contribution in [3.05, 3.63) is 65.7 Å². The van der Waals surface area contributed by atoms with Crippen LogP contribution in [-0.4, -0.2) is 55.4 Å². The van der Waals surface area contributed by atoms with Crippen LogP contribution < -0.4 is 4.74 Å². The highest BCUT2D eigenvalue weighted by atomic mass is 16.5. The number of hydrogen-bond donors (Lipinski definition) is 0.